The van der Waals surface area contributed by atoms with Gasteiger partial charge in [-0.05, 0) is 68.0 Å². The van der Waals surface area contributed by atoms with Crippen LogP contribution in [0.3, 0.4) is 0 Å². The first kappa shape index (κ1) is 28.2. The molecule has 8 aromatic carbocycles. The van der Waals surface area contributed by atoms with Crippen LogP contribution in [-0.4, -0.2) is 25.8 Å². The van der Waals surface area contributed by atoms with Crippen LogP contribution in [0.5, 0.6) is 0 Å². The van der Waals surface area contributed by atoms with Crippen molar-refractivity contribution in [1.29, 1.82) is 0 Å². The van der Waals surface area contributed by atoms with Gasteiger partial charge in [-0.15, -0.1) is 0 Å². The van der Waals surface area contributed by atoms with Crippen LogP contribution >= 0.6 is 0 Å². The molecule has 5 heteroatoms. The number of hydrogen-bond donors (Lipinski definition) is 0. The van der Waals surface area contributed by atoms with Crippen molar-refractivity contribution in [2.45, 2.75) is 5.41 Å². The quantitative estimate of drug-likeness (QED) is 0.160. The number of hydrogen-bond acceptors (Lipinski definition) is 2. The number of rotatable bonds is 1. The molecule has 0 fully saturated rings. The average Bonchev–Trinajstić information content (AvgIpc) is 3.89. The van der Waals surface area contributed by atoms with Gasteiger partial charge >= 0.3 is 0 Å². The minimum Gasteiger partial charge on any atom is -0.310 e. The molecule has 0 unspecified atom stereocenters. The van der Waals surface area contributed by atoms with Gasteiger partial charge in [0.2, 0.25) is 0 Å². The Labute approximate surface area is 321 Å². The van der Waals surface area contributed by atoms with E-state index >= 15 is 0 Å². The van der Waals surface area contributed by atoms with Gasteiger partial charge in [0.1, 0.15) is 0 Å². The van der Waals surface area contributed by atoms with Gasteiger partial charge in [-0.1, -0.05) is 140 Å². The summed E-state index contributed by atoms with van der Waals surface area (Å²) in [4.78, 5) is 10.7. The van der Waals surface area contributed by atoms with Crippen LogP contribution in [0.15, 0.2) is 164 Å². The second-order valence-electron chi connectivity index (χ2n) is 16.0. The van der Waals surface area contributed by atoms with E-state index in [-0.39, 0.29) is 6.71 Å². The smallest absolute Gasteiger partial charge is 0.252 e. The van der Waals surface area contributed by atoms with Crippen molar-refractivity contribution < 1.29 is 0 Å². The molecule has 1 aliphatic carbocycles. The summed E-state index contributed by atoms with van der Waals surface area (Å²) in [5, 5.41) is 6.20. The second kappa shape index (κ2) is 9.34. The Bertz CT molecular complexity index is 3640. The first-order valence-corrected chi connectivity index (χ1v) is 19.5. The first-order chi connectivity index (χ1) is 27.8. The van der Waals surface area contributed by atoms with E-state index in [0.29, 0.717) is 0 Å². The summed E-state index contributed by atoms with van der Waals surface area (Å²) < 4.78 is 5.23. The molecule has 0 radical (unpaired) electrons. The number of nitrogens with zero attached hydrogens (tertiary/aromatic N) is 4. The fourth-order valence-corrected chi connectivity index (χ4v) is 11.8. The first-order valence-electron chi connectivity index (χ1n) is 19.5. The predicted molar refractivity (Wildman–Crippen MR) is 229 cm³/mol. The summed E-state index contributed by atoms with van der Waals surface area (Å²) in [5.41, 5.74) is 21.0. The maximum atomic E-state index is 5.41. The van der Waals surface area contributed by atoms with Crippen molar-refractivity contribution in [2.75, 3.05) is 0 Å². The normalized spacial score (nSPS) is 14.5. The second-order valence-corrected chi connectivity index (χ2v) is 16.0. The van der Waals surface area contributed by atoms with Gasteiger partial charge in [0.25, 0.3) is 6.71 Å². The Hall–Kier alpha value is -7.24. The fourth-order valence-electron chi connectivity index (χ4n) is 11.8. The van der Waals surface area contributed by atoms with Gasteiger partial charge < -0.3 is 9.13 Å². The Morgan fingerprint density at radius 1 is 0.464 bits per heavy atom. The van der Waals surface area contributed by atoms with Crippen LogP contribution < -0.4 is 16.4 Å². The highest BCUT2D eigenvalue weighted by atomic mass is 15.1. The zero-order valence-corrected chi connectivity index (χ0v) is 30.0. The molecule has 56 heavy (non-hydrogen) atoms. The number of aromatic nitrogens is 4. The summed E-state index contributed by atoms with van der Waals surface area (Å²) in [6.07, 6.45) is 2.01. The molecule has 11 aromatic rings. The molecule has 0 saturated heterocycles. The Kier molecular flexibility index (Phi) is 4.71. The minimum absolute atomic E-state index is 0.00525. The van der Waals surface area contributed by atoms with Crippen LogP contribution in [0, 0.1) is 0 Å². The molecule has 0 amide bonds. The van der Waals surface area contributed by atoms with Crippen LogP contribution in [-0.2, 0) is 5.41 Å². The van der Waals surface area contributed by atoms with Gasteiger partial charge in [0, 0.05) is 55.4 Å². The van der Waals surface area contributed by atoms with Gasteiger partial charge in [-0.2, -0.15) is 0 Å². The molecule has 0 bridgehead atoms. The fraction of sp³-hybridized carbons (Fsp3) is 0.0196. The van der Waals surface area contributed by atoms with E-state index in [1.807, 2.05) is 6.20 Å². The summed E-state index contributed by atoms with van der Waals surface area (Å²) in [6.45, 7) is 0.00525. The zero-order chi connectivity index (χ0) is 36.0. The molecule has 0 N–H and O–H groups in total. The Morgan fingerprint density at radius 2 is 1.07 bits per heavy atom. The number of fused-ring (bicyclic) bond motifs is 15. The van der Waals surface area contributed by atoms with Crippen LogP contribution in [0.2, 0.25) is 0 Å². The van der Waals surface area contributed by atoms with E-state index in [1.54, 1.807) is 0 Å². The van der Waals surface area contributed by atoms with Gasteiger partial charge in [0.15, 0.2) is 5.82 Å². The molecule has 3 aliphatic heterocycles. The van der Waals surface area contributed by atoms with E-state index in [9.17, 15) is 0 Å². The maximum Gasteiger partial charge on any atom is 0.252 e. The van der Waals surface area contributed by atoms with Crippen molar-refractivity contribution >= 4 is 77.6 Å². The lowest BCUT2D eigenvalue weighted by Gasteiger charge is -2.44. The average molecular weight is 707 g/mol. The molecular weight excluding hydrogens is 679 g/mol. The monoisotopic (exact) mass is 706 g/mol. The van der Waals surface area contributed by atoms with E-state index in [4.69, 9.17) is 9.97 Å². The molecule has 3 aromatic heterocycles. The summed E-state index contributed by atoms with van der Waals surface area (Å²) >= 11 is 0. The Morgan fingerprint density at radius 3 is 1.88 bits per heavy atom. The topological polar surface area (TPSA) is 35.6 Å². The largest absolute Gasteiger partial charge is 0.310 e. The lowest BCUT2D eigenvalue weighted by Crippen LogP contribution is -2.60. The van der Waals surface area contributed by atoms with Crippen LogP contribution in [0.4, 0.5) is 0 Å². The van der Waals surface area contributed by atoms with E-state index in [2.05, 4.69) is 167 Å². The third-order valence-electron chi connectivity index (χ3n) is 13.7. The number of para-hydroxylation sites is 5. The van der Waals surface area contributed by atoms with E-state index < -0.39 is 5.41 Å². The molecule has 1 spiro atoms. The maximum absolute atomic E-state index is 5.41. The molecule has 15 rings (SSSR count). The molecule has 4 nitrogen and oxygen atoms in total. The van der Waals surface area contributed by atoms with Gasteiger partial charge in [-0.3, -0.25) is 0 Å². The molecule has 0 atom stereocenters. The van der Waals surface area contributed by atoms with Crippen molar-refractivity contribution in [1.82, 2.24) is 19.1 Å². The van der Waals surface area contributed by atoms with Crippen molar-refractivity contribution in [3.05, 3.63) is 186 Å². The highest BCUT2D eigenvalue weighted by Crippen LogP contribution is 2.62. The Balaban J connectivity index is 1.26. The predicted octanol–water partition coefficient (Wildman–Crippen LogP) is 9.31. The van der Waals surface area contributed by atoms with E-state index in [0.717, 1.165) is 22.3 Å². The molecule has 0 saturated carbocycles. The van der Waals surface area contributed by atoms with Crippen molar-refractivity contribution in [3.8, 4) is 33.9 Å². The lowest BCUT2D eigenvalue weighted by atomic mass is 9.33. The van der Waals surface area contributed by atoms with Gasteiger partial charge in [-0.25, -0.2) is 9.97 Å². The summed E-state index contributed by atoms with van der Waals surface area (Å²) in [7, 11) is 0. The standard InChI is InChI=1S/C51H27BN4/c1-7-24-42-28(12-1)27-53-50(54-42)35-26-39-49-44-48(35)55-43-25-8-4-15-31(43)32-17-10-22-40(46(32)55)52(44)41-23-11-18-34-33-16-9-21-38(45(33)56(49)47(34)41)51(39)36-19-5-2-13-29(36)30-14-3-6-20-37(30)51/h1-27H. The highest BCUT2D eigenvalue weighted by molar-refractivity contribution is 7.00. The SMILES string of the molecule is c1ccc2c(c1)-c1ccccc1C21c2cc(-c3ncc4ccccc4n3)c3c4c2-n2c5c(cccc5c5cccc1c52)B4c1cccc2c4ccccc4n-3c12. The van der Waals surface area contributed by atoms with Gasteiger partial charge in [0.05, 0.1) is 27.7 Å². The number of benzene rings is 8. The van der Waals surface area contributed by atoms with E-state index in [1.165, 1.54) is 105 Å². The zero-order valence-electron chi connectivity index (χ0n) is 30.0. The summed E-state index contributed by atoms with van der Waals surface area (Å²) in [6, 6.07) is 59.1. The summed E-state index contributed by atoms with van der Waals surface area (Å²) in [5.74, 6) is 0.747. The molecular formula is C51H27BN4. The minimum atomic E-state index is -0.569. The molecule has 6 heterocycles. The molecule has 254 valence electrons. The lowest BCUT2D eigenvalue weighted by molar-refractivity contribution is 0.749. The third-order valence-corrected chi connectivity index (χ3v) is 13.7. The van der Waals surface area contributed by atoms with Crippen LogP contribution in [0.1, 0.15) is 22.3 Å². The van der Waals surface area contributed by atoms with Crippen molar-refractivity contribution in [2.24, 2.45) is 0 Å². The third kappa shape index (κ3) is 2.90. The van der Waals surface area contributed by atoms with Crippen molar-refractivity contribution in [3.63, 3.8) is 0 Å². The van der Waals surface area contributed by atoms with Crippen LogP contribution in [0.25, 0.3) is 88.4 Å². The highest BCUT2D eigenvalue weighted by Gasteiger charge is 2.54. The molecule has 4 aliphatic rings.